The third-order valence-corrected chi connectivity index (χ3v) is 3.69. The zero-order valence-corrected chi connectivity index (χ0v) is 11.6. The van der Waals surface area contributed by atoms with E-state index in [4.69, 9.17) is 0 Å². The fourth-order valence-electron chi connectivity index (χ4n) is 1.23. The number of nitro groups is 1. The molecule has 5 nitrogen and oxygen atoms in total. The summed E-state index contributed by atoms with van der Waals surface area (Å²) in [6, 6.07) is 2.83. The third-order valence-electron chi connectivity index (χ3n) is 2.09. The second kappa shape index (κ2) is 7.39. The van der Waals surface area contributed by atoms with Crippen LogP contribution in [-0.4, -0.2) is 22.7 Å². The molecule has 0 saturated carbocycles. The van der Waals surface area contributed by atoms with Crippen molar-refractivity contribution in [3.63, 3.8) is 0 Å². The van der Waals surface area contributed by atoms with Crippen LogP contribution in [0.4, 0.5) is 5.00 Å². The highest BCUT2D eigenvalue weighted by Gasteiger charge is 2.14. The van der Waals surface area contributed by atoms with Crippen LogP contribution >= 0.6 is 27.3 Å². The Labute approximate surface area is 111 Å². The molecule has 0 aromatic carbocycles. The van der Waals surface area contributed by atoms with Crippen LogP contribution in [-0.2, 0) is 0 Å². The summed E-state index contributed by atoms with van der Waals surface area (Å²) in [5, 5.41) is 14.2. The van der Waals surface area contributed by atoms with Gasteiger partial charge in [0.25, 0.3) is 5.91 Å². The molecular formula is C10H13BrN2O3S. The third kappa shape index (κ3) is 4.82. The second-order valence-corrected chi connectivity index (χ2v) is 5.26. The number of nitrogens with one attached hydrogen (secondary N) is 1. The SMILES string of the molecule is O=C(NCCCCCBr)c1ccc([N+](=O)[O-])s1. The summed E-state index contributed by atoms with van der Waals surface area (Å²) in [7, 11) is 0. The number of unbranched alkanes of at least 4 members (excludes halogenated alkanes) is 2. The fourth-order valence-corrected chi connectivity index (χ4v) is 2.37. The van der Waals surface area contributed by atoms with Crippen molar-refractivity contribution < 1.29 is 9.72 Å². The van der Waals surface area contributed by atoms with E-state index in [1.54, 1.807) is 0 Å². The minimum atomic E-state index is -0.489. The maximum Gasteiger partial charge on any atom is 0.324 e. The molecule has 1 N–H and O–H groups in total. The Kier molecular flexibility index (Phi) is 6.13. The van der Waals surface area contributed by atoms with Crippen LogP contribution in [0.25, 0.3) is 0 Å². The predicted molar refractivity (Wildman–Crippen MR) is 71.0 cm³/mol. The molecule has 0 aliphatic carbocycles. The molecule has 0 radical (unpaired) electrons. The van der Waals surface area contributed by atoms with E-state index in [1.165, 1.54) is 12.1 Å². The molecule has 1 rings (SSSR count). The molecular weight excluding hydrogens is 308 g/mol. The van der Waals surface area contributed by atoms with E-state index >= 15 is 0 Å². The maximum absolute atomic E-state index is 11.6. The highest BCUT2D eigenvalue weighted by atomic mass is 79.9. The monoisotopic (exact) mass is 320 g/mol. The molecule has 1 aromatic rings. The first-order valence-corrected chi connectivity index (χ1v) is 7.17. The van der Waals surface area contributed by atoms with Gasteiger partial charge < -0.3 is 5.32 Å². The number of rotatable bonds is 7. The zero-order valence-electron chi connectivity index (χ0n) is 9.15. The summed E-state index contributed by atoms with van der Waals surface area (Å²) in [4.78, 5) is 21.9. The lowest BCUT2D eigenvalue weighted by molar-refractivity contribution is -0.380. The van der Waals surface area contributed by atoms with Crippen LogP contribution in [0, 0.1) is 10.1 Å². The van der Waals surface area contributed by atoms with E-state index in [1.807, 2.05) is 0 Å². The van der Waals surface area contributed by atoms with Crippen molar-refractivity contribution in [1.29, 1.82) is 0 Å². The number of carbonyl (C=O) groups is 1. The Morgan fingerprint density at radius 2 is 2.18 bits per heavy atom. The van der Waals surface area contributed by atoms with Crippen molar-refractivity contribution in [2.45, 2.75) is 19.3 Å². The molecule has 94 valence electrons. The van der Waals surface area contributed by atoms with Crippen LogP contribution in [0.5, 0.6) is 0 Å². The Hall–Kier alpha value is -0.950. The number of amides is 1. The van der Waals surface area contributed by atoms with E-state index < -0.39 is 4.92 Å². The van der Waals surface area contributed by atoms with E-state index in [9.17, 15) is 14.9 Å². The summed E-state index contributed by atoms with van der Waals surface area (Å²) in [6.45, 7) is 0.609. The highest BCUT2D eigenvalue weighted by molar-refractivity contribution is 9.09. The second-order valence-electron chi connectivity index (χ2n) is 3.40. The normalized spacial score (nSPS) is 10.2. The molecule has 1 aromatic heterocycles. The molecule has 0 bridgehead atoms. The van der Waals surface area contributed by atoms with Gasteiger partial charge in [-0.25, -0.2) is 0 Å². The topological polar surface area (TPSA) is 72.2 Å². The Bertz CT molecular complexity index is 395. The number of nitrogens with zero attached hydrogens (tertiary/aromatic N) is 1. The summed E-state index contributed by atoms with van der Waals surface area (Å²) >= 11 is 4.23. The van der Waals surface area contributed by atoms with Gasteiger partial charge in [0.1, 0.15) is 0 Å². The molecule has 0 aliphatic rings. The van der Waals surface area contributed by atoms with Gasteiger partial charge in [0.15, 0.2) is 0 Å². The van der Waals surface area contributed by atoms with Gasteiger partial charge in [0.05, 0.1) is 9.80 Å². The average Bonchev–Trinajstić information content (AvgIpc) is 2.78. The van der Waals surface area contributed by atoms with Gasteiger partial charge in [0, 0.05) is 17.9 Å². The average molecular weight is 321 g/mol. The Balaban J connectivity index is 2.34. The first kappa shape index (κ1) is 14.1. The minimum absolute atomic E-state index is 0.00515. The lowest BCUT2D eigenvalue weighted by Gasteiger charge is -2.02. The quantitative estimate of drug-likeness (QED) is 0.363. The fraction of sp³-hybridized carbons (Fsp3) is 0.500. The smallest absolute Gasteiger partial charge is 0.324 e. The lowest BCUT2D eigenvalue weighted by atomic mass is 10.2. The number of hydrogen-bond donors (Lipinski definition) is 1. The van der Waals surface area contributed by atoms with E-state index in [2.05, 4.69) is 21.2 Å². The summed E-state index contributed by atoms with van der Waals surface area (Å²) in [5.74, 6) is -0.234. The van der Waals surface area contributed by atoms with Gasteiger partial charge in [-0.2, -0.15) is 0 Å². The molecule has 0 fully saturated rings. The number of alkyl halides is 1. The largest absolute Gasteiger partial charge is 0.351 e. The van der Waals surface area contributed by atoms with Gasteiger partial charge in [-0.1, -0.05) is 33.7 Å². The van der Waals surface area contributed by atoms with Gasteiger partial charge >= 0.3 is 5.00 Å². The molecule has 1 amide bonds. The number of halogens is 1. The van der Waals surface area contributed by atoms with Crippen molar-refractivity contribution in [2.24, 2.45) is 0 Å². The first-order valence-electron chi connectivity index (χ1n) is 5.23. The summed E-state index contributed by atoms with van der Waals surface area (Å²) in [5.41, 5.74) is 0. The standard InChI is InChI=1S/C10H13BrN2O3S/c11-6-2-1-3-7-12-10(14)8-4-5-9(17-8)13(15)16/h4-5H,1-3,6-7H2,(H,12,14). The van der Waals surface area contributed by atoms with Crippen LogP contribution in [0.3, 0.4) is 0 Å². The van der Waals surface area contributed by atoms with Gasteiger partial charge in [-0.15, -0.1) is 0 Å². The highest BCUT2D eigenvalue weighted by Crippen LogP contribution is 2.23. The van der Waals surface area contributed by atoms with Crippen molar-refractivity contribution in [2.75, 3.05) is 11.9 Å². The minimum Gasteiger partial charge on any atom is -0.351 e. The Morgan fingerprint density at radius 3 is 2.76 bits per heavy atom. The Morgan fingerprint density at radius 1 is 1.41 bits per heavy atom. The summed E-state index contributed by atoms with van der Waals surface area (Å²) < 4.78 is 0. The van der Waals surface area contributed by atoms with Crippen molar-refractivity contribution in [3.8, 4) is 0 Å². The molecule has 0 aliphatic heterocycles. The van der Waals surface area contributed by atoms with Crippen LogP contribution in [0.1, 0.15) is 28.9 Å². The molecule has 1 heterocycles. The number of carbonyl (C=O) groups excluding carboxylic acids is 1. The lowest BCUT2D eigenvalue weighted by Crippen LogP contribution is -2.23. The number of thiophene rings is 1. The van der Waals surface area contributed by atoms with Gasteiger partial charge in [-0.3, -0.25) is 14.9 Å². The zero-order chi connectivity index (χ0) is 12.7. The van der Waals surface area contributed by atoms with Crippen molar-refractivity contribution in [3.05, 3.63) is 27.1 Å². The molecule has 0 unspecified atom stereocenters. The summed E-state index contributed by atoms with van der Waals surface area (Å²) in [6.07, 6.45) is 3.06. The van der Waals surface area contributed by atoms with Gasteiger partial charge in [0.2, 0.25) is 0 Å². The molecule has 0 atom stereocenters. The van der Waals surface area contributed by atoms with E-state index in [-0.39, 0.29) is 10.9 Å². The maximum atomic E-state index is 11.6. The van der Waals surface area contributed by atoms with E-state index in [0.29, 0.717) is 11.4 Å². The van der Waals surface area contributed by atoms with Crippen molar-refractivity contribution >= 4 is 38.2 Å². The van der Waals surface area contributed by atoms with Crippen LogP contribution in [0.2, 0.25) is 0 Å². The first-order chi connectivity index (χ1) is 8.15. The molecule has 7 heteroatoms. The predicted octanol–water partition coefficient (Wildman–Crippen LogP) is 2.95. The number of hydrogen-bond acceptors (Lipinski definition) is 4. The molecule has 17 heavy (non-hydrogen) atoms. The van der Waals surface area contributed by atoms with Crippen LogP contribution < -0.4 is 5.32 Å². The van der Waals surface area contributed by atoms with Crippen molar-refractivity contribution in [1.82, 2.24) is 5.32 Å². The van der Waals surface area contributed by atoms with E-state index in [0.717, 1.165) is 35.9 Å². The molecule has 0 spiro atoms. The van der Waals surface area contributed by atoms with Crippen LogP contribution in [0.15, 0.2) is 12.1 Å². The molecule has 0 saturated heterocycles. The van der Waals surface area contributed by atoms with Gasteiger partial charge in [-0.05, 0) is 18.9 Å².